The molecule has 3 rings (SSSR count). The first-order chi connectivity index (χ1) is 12.3. The van der Waals surface area contributed by atoms with E-state index in [-0.39, 0.29) is 0 Å². The number of rotatable bonds is 9. The van der Waals surface area contributed by atoms with Crippen molar-refractivity contribution in [3.05, 3.63) is 60.5 Å². The molecule has 0 saturated heterocycles. The minimum Gasteiger partial charge on any atom is -0.331 e. The molecule has 0 saturated carbocycles. The van der Waals surface area contributed by atoms with Crippen molar-refractivity contribution in [2.45, 2.75) is 57.2 Å². The lowest BCUT2D eigenvalue weighted by atomic mass is 9.91. The molecule has 1 aliphatic rings. The van der Waals surface area contributed by atoms with Crippen molar-refractivity contribution >= 4 is 0 Å². The van der Waals surface area contributed by atoms with Crippen molar-refractivity contribution in [3.8, 4) is 0 Å². The lowest BCUT2D eigenvalue weighted by molar-refractivity contribution is 0.361. The molecule has 0 aliphatic heterocycles. The largest absolute Gasteiger partial charge is 0.331 e. The summed E-state index contributed by atoms with van der Waals surface area (Å²) in [6.45, 7) is 5.35. The molecule has 2 atom stereocenters. The lowest BCUT2D eigenvalue weighted by Crippen LogP contribution is -2.37. The van der Waals surface area contributed by atoms with Gasteiger partial charge in [-0.2, -0.15) is 0 Å². The average molecular weight is 339 g/mol. The Morgan fingerprint density at radius 1 is 1.40 bits per heavy atom. The van der Waals surface area contributed by atoms with E-state index in [0.717, 1.165) is 51.0 Å². The second-order valence-electron chi connectivity index (χ2n) is 6.78. The minimum absolute atomic E-state index is 0.329. The van der Waals surface area contributed by atoms with Crippen LogP contribution in [-0.4, -0.2) is 27.1 Å². The normalized spacial score (nSPS) is 17.9. The molecular formula is C20H29N5. The third-order valence-electron chi connectivity index (χ3n) is 4.95. The fourth-order valence-electron chi connectivity index (χ4n) is 3.72. The van der Waals surface area contributed by atoms with Crippen molar-refractivity contribution in [2.24, 2.45) is 5.73 Å². The summed E-state index contributed by atoms with van der Waals surface area (Å²) in [5.74, 6) is 1.10. The van der Waals surface area contributed by atoms with E-state index in [1.165, 1.54) is 17.7 Å². The Kier molecular flexibility index (Phi) is 6.36. The van der Waals surface area contributed by atoms with Crippen molar-refractivity contribution in [1.29, 1.82) is 0 Å². The number of hydrogen-bond donors (Lipinski definition) is 2. The Labute approximate surface area is 150 Å². The summed E-state index contributed by atoms with van der Waals surface area (Å²) in [7, 11) is 0. The smallest absolute Gasteiger partial charge is 0.110 e. The Morgan fingerprint density at radius 3 is 3.16 bits per heavy atom. The van der Waals surface area contributed by atoms with Gasteiger partial charge in [0.05, 0.1) is 5.69 Å². The summed E-state index contributed by atoms with van der Waals surface area (Å²) in [4.78, 5) is 9.21. The maximum atomic E-state index is 5.76. The zero-order chi connectivity index (χ0) is 17.5. The molecule has 1 aliphatic carbocycles. The number of nitrogens with zero attached hydrogens (tertiary/aromatic N) is 3. The van der Waals surface area contributed by atoms with Crippen LogP contribution in [0.3, 0.4) is 0 Å². The van der Waals surface area contributed by atoms with Gasteiger partial charge in [-0.25, -0.2) is 4.98 Å². The lowest BCUT2D eigenvalue weighted by Gasteiger charge is -2.30. The maximum absolute atomic E-state index is 5.76. The third kappa shape index (κ3) is 4.55. The Bertz CT molecular complexity index is 678. The van der Waals surface area contributed by atoms with E-state index >= 15 is 0 Å². The maximum Gasteiger partial charge on any atom is 0.110 e. The number of pyridine rings is 1. The molecule has 5 heteroatoms. The van der Waals surface area contributed by atoms with E-state index in [1.54, 1.807) is 0 Å². The summed E-state index contributed by atoms with van der Waals surface area (Å²) < 4.78 is 2.16. The van der Waals surface area contributed by atoms with Gasteiger partial charge in [0.15, 0.2) is 0 Å². The number of imidazole rings is 1. The van der Waals surface area contributed by atoms with E-state index in [1.807, 2.05) is 30.7 Å². The van der Waals surface area contributed by atoms with Gasteiger partial charge in [-0.05, 0) is 50.3 Å². The Morgan fingerprint density at radius 2 is 2.32 bits per heavy atom. The third-order valence-corrected chi connectivity index (χ3v) is 4.95. The van der Waals surface area contributed by atoms with Crippen molar-refractivity contribution < 1.29 is 0 Å². The minimum atomic E-state index is 0.329. The highest BCUT2D eigenvalue weighted by Gasteiger charge is 2.24. The van der Waals surface area contributed by atoms with E-state index in [9.17, 15) is 0 Å². The van der Waals surface area contributed by atoms with Gasteiger partial charge in [0.25, 0.3) is 0 Å². The molecule has 0 bridgehead atoms. The van der Waals surface area contributed by atoms with Gasteiger partial charge in [0.2, 0.25) is 0 Å². The Hall–Kier alpha value is -1.98. The van der Waals surface area contributed by atoms with E-state index in [4.69, 9.17) is 5.73 Å². The topological polar surface area (TPSA) is 68.8 Å². The number of aryl methyl sites for hydroxylation is 1. The van der Waals surface area contributed by atoms with Crippen LogP contribution >= 0.6 is 0 Å². The van der Waals surface area contributed by atoms with Crippen LogP contribution in [0.15, 0.2) is 43.4 Å². The standard InChI is InChI=1S/C20H29N5/c1-2-13-25-14-12-22-19(25)15-17(8-4-10-21)24-18-9-3-6-16-7-5-11-23-20(16)18/h2,5,7,11-12,14,17-18,24H,1,3-4,6,8-10,13,15,21H2. The highest BCUT2D eigenvalue weighted by atomic mass is 15.1. The molecule has 5 nitrogen and oxygen atoms in total. The van der Waals surface area contributed by atoms with Crippen LogP contribution in [-0.2, 0) is 19.4 Å². The average Bonchev–Trinajstić information content (AvgIpc) is 3.07. The summed E-state index contributed by atoms with van der Waals surface area (Å²) in [6.07, 6.45) is 14.2. The zero-order valence-corrected chi connectivity index (χ0v) is 14.9. The van der Waals surface area contributed by atoms with Crippen LogP contribution in [0.1, 0.15) is 48.8 Å². The number of nitrogens with one attached hydrogen (secondary N) is 1. The molecule has 25 heavy (non-hydrogen) atoms. The fraction of sp³-hybridized carbons (Fsp3) is 0.500. The summed E-state index contributed by atoms with van der Waals surface area (Å²) in [6, 6.07) is 4.93. The van der Waals surface area contributed by atoms with Gasteiger partial charge in [0, 0.05) is 43.6 Å². The van der Waals surface area contributed by atoms with Crippen LogP contribution in [0, 0.1) is 0 Å². The molecule has 0 radical (unpaired) electrons. The number of allylic oxidation sites excluding steroid dienone is 1. The van der Waals surface area contributed by atoms with Gasteiger partial charge in [-0.15, -0.1) is 6.58 Å². The van der Waals surface area contributed by atoms with Gasteiger partial charge in [-0.1, -0.05) is 12.1 Å². The molecular weight excluding hydrogens is 310 g/mol. The number of hydrogen-bond acceptors (Lipinski definition) is 4. The van der Waals surface area contributed by atoms with Crippen LogP contribution in [0.5, 0.6) is 0 Å². The molecule has 3 N–H and O–H groups in total. The number of fused-ring (bicyclic) bond motifs is 1. The molecule has 2 aromatic rings. The monoisotopic (exact) mass is 339 g/mol. The van der Waals surface area contributed by atoms with Crippen LogP contribution in [0.4, 0.5) is 0 Å². The molecule has 134 valence electrons. The number of nitrogens with two attached hydrogens (primary N) is 1. The fourth-order valence-corrected chi connectivity index (χ4v) is 3.72. The SMILES string of the molecule is C=CCn1ccnc1CC(CCCN)NC1CCCc2cccnc21. The molecule has 2 aromatic heterocycles. The predicted octanol–water partition coefficient (Wildman–Crippen LogP) is 2.78. The van der Waals surface area contributed by atoms with Crippen LogP contribution < -0.4 is 11.1 Å². The van der Waals surface area contributed by atoms with E-state index in [2.05, 4.69) is 32.5 Å². The highest BCUT2D eigenvalue weighted by molar-refractivity contribution is 5.25. The molecule has 0 fully saturated rings. The van der Waals surface area contributed by atoms with Crippen LogP contribution in [0.2, 0.25) is 0 Å². The van der Waals surface area contributed by atoms with Gasteiger partial charge in [0.1, 0.15) is 5.82 Å². The van der Waals surface area contributed by atoms with Crippen LogP contribution in [0.25, 0.3) is 0 Å². The van der Waals surface area contributed by atoms with E-state index in [0.29, 0.717) is 12.1 Å². The first-order valence-electron chi connectivity index (χ1n) is 9.32. The zero-order valence-electron chi connectivity index (χ0n) is 14.9. The molecule has 2 heterocycles. The second kappa shape index (κ2) is 8.92. The second-order valence-corrected chi connectivity index (χ2v) is 6.78. The van der Waals surface area contributed by atoms with E-state index < -0.39 is 0 Å². The van der Waals surface area contributed by atoms with Crippen molar-refractivity contribution in [1.82, 2.24) is 19.9 Å². The number of aromatic nitrogens is 3. The van der Waals surface area contributed by atoms with Crippen molar-refractivity contribution in [3.63, 3.8) is 0 Å². The first-order valence-corrected chi connectivity index (χ1v) is 9.32. The van der Waals surface area contributed by atoms with Gasteiger partial charge < -0.3 is 15.6 Å². The first kappa shape index (κ1) is 17.8. The molecule has 0 aromatic carbocycles. The van der Waals surface area contributed by atoms with Gasteiger partial charge >= 0.3 is 0 Å². The Balaban J connectivity index is 1.73. The summed E-state index contributed by atoms with van der Waals surface area (Å²) >= 11 is 0. The molecule has 0 spiro atoms. The molecule has 0 amide bonds. The molecule has 2 unspecified atom stereocenters. The summed E-state index contributed by atoms with van der Waals surface area (Å²) in [5.41, 5.74) is 8.37. The highest BCUT2D eigenvalue weighted by Crippen LogP contribution is 2.28. The van der Waals surface area contributed by atoms with Crippen molar-refractivity contribution in [2.75, 3.05) is 6.54 Å². The van der Waals surface area contributed by atoms with Gasteiger partial charge in [-0.3, -0.25) is 4.98 Å². The predicted molar refractivity (Wildman–Crippen MR) is 101 cm³/mol. The summed E-state index contributed by atoms with van der Waals surface area (Å²) in [5, 5.41) is 3.86. The quantitative estimate of drug-likeness (QED) is 0.689.